The van der Waals surface area contributed by atoms with Gasteiger partial charge in [-0.1, -0.05) is 30.8 Å². The van der Waals surface area contributed by atoms with Gasteiger partial charge in [-0.15, -0.1) is 0 Å². The number of aromatic nitrogens is 2. The van der Waals surface area contributed by atoms with Crippen molar-refractivity contribution in [2.24, 2.45) is 11.8 Å². The van der Waals surface area contributed by atoms with Gasteiger partial charge < -0.3 is 9.84 Å². The molecule has 2 heterocycles. The molecule has 116 valence electrons. The van der Waals surface area contributed by atoms with Crippen LogP contribution < -0.4 is 5.32 Å². The molecule has 1 aliphatic heterocycles. The van der Waals surface area contributed by atoms with Crippen molar-refractivity contribution in [1.29, 1.82) is 0 Å². The van der Waals surface area contributed by atoms with Crippen LogP contribution in [0, 0.1) is 11.8 Å². The fourth-order valence-corrected chi connectivity index (χ4v) is 4.76. The molecule has 4 rings (SSSR count). The molecule has 1 saturated heterocycles. The second-order valence-corrected chi connectivity index (χ2v) is 7.33. The van der Waals surface area contributed by atoms with Crippen molar-refractivity contribution in [3.63, 3.8) is 0 Å². The maximum atomic E-state index is 5.66. The Morgan fingerprint density at radius 2 is 1.67 bits per heavy atom. The normalized spacial score (nSPS) is 34.6. The number of hydrogen-bond acceptors (Lipinski definition) is 4. The molecule has 3 unspecified atom stereocenters. The minimum atomic E-state index is 0.509. The van der Waals surface area contributed by atoms with E-state index >= 15 is 0 Å². The van der Waals surface area contributed by atoms with Gasteiger partial charge in [-0.2, -0.15) is 4.98 Å². The van der Waals surface area contributed by atoms with Crippen LogP contribution in [0.3, 0.4) is 0 Å². The van der Waals surface area contributed by atoms with Crippen molar-refractivity contribution in [3.05, 3.63) is 11.7 Å². The first kappa shape index (κ1) is 13.7. The molecule has 3 aliphatic rings. The second-order valence-electron chi connectivity index (χ2n) is 7.33. The average molecular weight is 289 g/mol. The molecule has 0 bridgehead atoms. The monoisotopic (exact) mass is 289 g/mol. The van der Waals surface area contributed by atoms with E-state index in [9.17, 15) is 0 Å². The molecule has 1 aromatic rings. The number of rotatable bonds is 2. The van der Waals surface area contributed by atoms with Crippen molar-refractivity contribution >= 4 is 0 Å². The van der Waals surface area contributed by atoms with E-state index in [1.165, 1.54) is 44.9 Å². The maximum Gasteiger partial charge on any atom is 0.229 e. The van der Waals surface area contributed by atoms with Crippen LogP contribution in [0.5, 0.6) is 0 Å². The molecule has 4 nitrogen and oxygen atoms in total. The third-order valence-electron chi connectivity index (χ3n) is 6.05. The van der Waals surface area contributed by atoms with Gasteiger partial charge in [-0.25, -0.2) is 0 Å². The minimum Gasteiger partial charge on any atom is -0.339 e. The molecule has 1 N–H and O–H groups in total. The van der Waals surface area contributed by atoms with E-state index < -0.39 is 0 Å². The Balaban J connectivity index is 1.43. The molecule has 1 aromatic heterocycles. The molecule has 3 atom stereocenters. The Morgan fingerprint density at radius 3 is 2.52 bits per heavy atom. The molecule has 2 aliphatic carbocycles. The first-order chi connectivity index (χ1) is 10.4. The van der Waals surface area contributed by atoms with E-state index in [-0.39, 0.29) is 0 Å². The summed E-state index contributed by atoms with van der Waals surface area (Å²) in [5.41, 5.74) is 0. The Bertz CT molecular complexity index is 466. The van der Waals surface area contributed by atoms with Gasteiger partial charge in [0.15, 0.2) is 5.82 Å². The summed E-state index contributed by atoms with van der Waals surface area (Å²) in [5.74, 6) is 4.86. The van der Waals surface area contributed by atoms with Crippen molar-refractivity contribution in [2.45, 2.75) is 69.6 Å². The molecule has 0 amide bonds. The zero-order valence-corrected chi connectivity index (χ0v) is 12.9. The third kappa shape index (κ3) is 2.87. The lowest BCUT2D eigenvalue weighted by molar-refractivity contribution is 0.142. The predicted molar refractivity (Wildman–Crippen MR) is 81.2 cm³/mol. The van der Waals surface area contributed by atoms with Crippen LogP contribution in [0.1, 0.15) is 81.3 Å². The van der Waals surface area contributed by atoms with Gasteiger partial charge in [0.25, 0.3) is 0 Å². The molecule has 2 saturated carbocycles. The van der Waals surface area contributed by atoms with Crippen molar-refractivity contribution in [2.75, 3.05) is 13.1 Å². The zero-order chi connectivity index (χ0) is 14.1. The van der Waals surface area contributed by atoms with Crippen LogP contribution in [-0.4, -0.2) is 23.2 Å². The van der Waals surface area contributed by atoms with Crippen LogP contribution in [0.2, 0.25) is 0 Å². The molecule has 3 fully saturated rings. The fraction of sp³-hybridized carbons (Fsp3) is 0.882. The van der Waals surface area contributed by atoms with E-state index in [0.717, 1.165) is 49.5 Å². The first-order valence-electron chi connectivity index (χ1n) is 8.94. The summed E-state index contributed by atoms with van der Waals surface area (Å²) in [7, 11) is 0. The Morgan fingerprint density at radius 1 is 0.857 bits per heavy atom. The van der Waals surface area contributed by atoms with Gasteiger partial charge >= 0.3 is 0 Å². The van der Waals surface area contributed by atoms with Crippen LogP contribution in [-0.2, 0) is 0 Å². The number of piperidine rings is 1. The number of nitrogens with one attached hydrogen (secondary N) is 1. The topological polar surface area (TPSA) is 51.0 Å². The molecular formula is C17H27N3O. The highest BCUT2D eigenvalue weighted by Crippen LogP contribution is 2.45. The molecular weight excluding hydrogens is 262 g/mol. The lowest BCUT2D eigenvalue weighted by atomic mass is 9.67. The van der Waals surface area contributed by atoms with Gasteiger partial charge in [-0.3, -0.25) is 0 Å². The van der Waals surface area contributed by atoms with Gasteiger partial charge in [0, 0.05) is 11.8 Å². The lowest BCUT2D eigenvalue weighted by Crippen LogP contribution is -2.27. The van der Waals surface area contributed by atoms with E-state index in [2.05, 4.69) is 10.5 Å². The average Bonchev–Trinajstić information content (AvgIpc) is 3.05. The van der Waals surface area contributed by atoms with Crippen LogP contribution in [0.4, 0.5) is 0 Å². The summed E-state index contributed by atoms with van der Waals surface area (Å²) in [6.45, 7) is 2.17. The number of fused-ring (bicyclic) bond motifs is 1. The molecule has 4 heteroatoms. The highest BCUT2D eigenvalue weighted by atomic mass is 16.5. The summed E-state index contributed by atoms with van der Waals surface area (Å²) < 4.78 is 5.66. The quantitative estimate of drug-likeness (QED) is 0.903. The van der Waals surface area contributed by atoms with Crippen LogP contribution in [0.15, 0.2) is 4.52 Å². The first-order valence-corrected chi connectivity index (χ1v) is 8.94. The van der Waals surface area contributed by atoms with Crippen LogP contribution >= 0.6 is 0 Å². The van der Waals surface area contributed by atoms with Gasteiger partial charge in [0.1, 0.15) is 0 Å². The van der Waals surface area contributed by atoms with Gasteiger partial charge in [0.2, 0.25) is 5.89 Å². The minimum absolute atomic E-state index is 0.509. The molecule has 21 heavy (non-hydrogen) atoms. The predicted octanol–water partition coefficient (Wildman–Crippen LogP) is 3.61. The van der Waals surface area contributed by atoms with Crippen molar-refractivity contribution in [3.8, 4) is 0 Å². The van der Waals surface area contributed by atoms with Crippen molar-refractivity contribution in [1.82, 2.24) is 15.5 Å². The number of nitrogens with zero attached hydrogens (tertiary/aromatic N) is 2. The molecule has 0 spiro atoms. The maximum absolute atomic E-state index is 5.66. The summed E-state index contributed by atoms with van der Waals surface area (Å²) in [4.78, 5) is 4.79. The van der Waals surface area contributed by atoms with E-state index in [0.29, 0.717) is 11.8 Å². The van der Waals surface area contributed by atoms with E-state index in [4.69, 9.17) is 9.51 Å². The third-order valence-corrected chi connectivity index (χ3v) is 6.05. The van der Waals surface area contributed by atoms with Crippen LogP contribution in [0.25, 0.3) is 0 Å². The fourth-order valence-electron chi connectivity index (χ4n) is 4.76. The zero-order valence-electron chi connectivity index (χ0n) is 12.9. The SMILES string of the molecule is C1CCC2CC(c3nc(C4CCNCC4)no3)CCC2C1. The van der Waals surface area contributed by atoms with E-state index in [1.807, 2.05) is 0 Å². The van der Waals surface area contributed by atoms with Gasteiger partial charge in [0.05, 0.1) is 0 Å². The number of hydrogen-bond donors (Lipinski definition) is 1. The van der Waals surface area contributed by atoms with Gasteiger partial charge in [-0.05, 0) is 57.0 Å². The Kier molecular flexibility index (Phi) is 3.97. The smallest absolute Gasteiger partial charge is 0.229 e. The largest absolute Gasteiger partial charge is 0.339 e. The second kappa shape index (κ2) is 6.07. The summed E-state index contributed by atoms with van der Waals surface area (Å²) in [6, 6.07) is 0. The summed E-state index contributed by atoms with van der Waals surface area (Å²) in [6.07, 6.45) is 12.0. The summed E-state index contributed by atoms with van der Waals surface area (Å²) in [5, 5.41) is 7.70. The van der Waals surface area contributed by atoms with E-state index in [1.54, 1.807) is 0 Å². The lowest BCUT2D eigenvalue weighted by Gasteiger charge is -2.38. The Labute approximate surface area is 127 Å². The Hall–Kier alpha value is -0.900. The highest BCUT2D eigenvalue weighted by molar-refractivity contribution is 5.03. The summed E-state index contributed by atoms with van der Waals surface area (Å²) >= 11 is 0. The van der Waals surface area contributed by atoms with Crippen molar-refractivity contribution < 1.29 is 4.52 Å². The molecule has 0 aromatic carbocycles. The standard InChI is InChI=1S/C17H27N3O/c1-2-4-14-11-15(6-5-12(14)3-1)17-19-16(20-21-17)13-7-9-18-10-8-13/h12-15,18H,1-11H2. The molecule has 0 radical (unpaired) electrons. The highest BCUT2D eigenvalue weighted by Gasteiger charge is 2.35.